The first kappa shape index (κ1) is 26.7. The Morgan fingerprint density at radius 3 is 2.05 bits per heavy atom. The number of rotatable bonds is 10. The zero-order chi connectivity index (χ0) is 26.0. The Bertz CT molecular complexity index is 1100. The van der Waals surface area contributed by atoms with E-state index in [-0.39, 0.29) is 23.8 Å². The van der Waals surface area contributed by atoms with Gasteiger partial charge in [-0.2, -0.15) is 0 Å². The van der Waals surface area contributed by atoms with E-state index < -0.39 is 6.04 Å². The van der Waals surface area contributed by atoms with Gasteiger partial charge in [0.15, 0.2) is 0 Å². The molecule has 37 heavy (non-hydrogen) atoms. The van der Waals surface area contributed by atoms with E-state index in [0.29, 0.717) is 19.4 Å². The molecule has 4 nitrogen and oxygen atoms in total. The average Bonchev–Trinajstić information content (AvgIpc) is 2.93. The molecule has 1 fully saturated rings. The van der Waals surface area contributed by atoms with E-state index >= 15 is 0 Å². The lowest BCUT2D eigenvalue weighted by Gasteiger charge is -2.34. The van der Waals surface area contributed by atoms with Gasteiger partial charge in [0.05, 0.1) is 0 Å². The lowest BCUT2D eigenvalue weighted by atomic mass is 9.88. The topological polar surface area (TPSA) is 49.4 Å². The fraction of sp³-hybridized carbons (Fsp3) is 0.394. The highest BCUT2D eigenvalue weighted by Gasteiger charge is 2.32. The van der Waals surface area contributed by atoms with Crippen molar-refractivity contribution in [3.05, 3.63) is 107 Å². The van der Waals surface area contributed by atoms with Gasteiger partial charge in [-0.3, -0.25) is 9.59 Å². The van der Waals surface area contributed by atoms with Crippen molar-refractivity contribution >= 4 is 11.8 Å². The highest BCUT2D eigenvalue weighted by molar-refractivity contribution is 5.88. The maximum atomic E-state index is 14.1. The van der Waals surface area contributed by atoms with Crippen LogP contribution in [0.25, 0.3) is 0 Å². The first-order valence-electron chi connectivity index (χ1n) is 13.8. The third kappa shape index (κ3) is 7.31. The Balaban J connectivity index is 1.62. The van der Waals surface area contributed by atoms with Crippen LogP contribution >= 0.6 is 0 Å². The molecule has 3 aromatic carbocycles. The van der Waals surface area contributed by atoms with Crippen molar-refractivity contribution in [2.45, 2.75) is 83.3 Å². The number of carbonyl (C=O) groups is 2. The third-order valence-electron chi connectivity index (χ3n) is 7.56. The van der Waals surface area contributed by atoms with E-state index in [1.54, 1.807) is 0 Å². The number of amides is 2. The summed E-state index contributed by atoms with van der Waals surface area (Å²) in [6.45, 7) is 4.49. The fourth-order valence-electron chi connectivity index (χ4n) is 5.56. The zero-order valence-electron chi connectivity index (χ0n) is 22.2. The largest absolute Gasteiger partial charge is 0.352 e. The van der Waals surface area contributed by atoms with E-state index in [0.717, 1.165) is 47.9 Å². The van der Waals surface area contributed by atoms with E-state index in [2.05, 4.69) is 48.6 Å². The van der Waals surface area contributed by atoms with Crippen LogP contribution in [0.2, 0.25) is 0 Å². The van der Waals surface area contributed by atoms with Gasteiger partial charge in [0.25, 0.3) is 0 Å². The normalized spacial score (nSPS) is 14.8. The van der Waals surface area contributed by atoms with Crippen molar-refractivity contribution in [1.82, 2.24) is 10.2 Å². The molecule has 0 saturated heterocycles. The van der Waals surface area contributed by atoms with E-state index in [1.807, 2.05) is 60.4 Å². The Kier molecular flexibility index (Phi) is 9.53. The predicted molar refractivity (Wildman–Crippen MR) is 150 cm³/mol. The van der Waals surface area contributed by atoms with Gasteiger partial charge in [0, 0.05) is 24.9 Å². The van der Waals surface area contributed by atoms with Crippen molar-refractivity contribution in [3.63, 3.8) is 0 Å². The summed E-state index contributed by atoms with van der Waals surface area (Å²) in [5, 5.41) is 3.29. The second-order valence-corrected chi connectivity index (χ2v) is 10.4. The van der Waals surface area contributed by atoms with Crippen LogP contribution < -0.4 is 5.32 Å². The fourth-order valence-corrected chi connectivity index (χ4v) is 5.56. The van der Waals surface area contributed by atoms with Crippen LogP contribution in [0.15, 0.2) is 84.9 Å². The van der Waals surface area contributed by atoms with Crippen molar-refractivity contribution in [3.8, 4) is 0 Å². The van der Waals surface area contributed by atoms with Crippen LogP contribution in [0.4, 0.5) is 0 Å². The average molecular weight is 497 g/mol. The molecule has 0 radical (unpaired) electrons. The third-order valence-corrected chi connectivity index (χ3v) is 7.56. The summed E-state index contributed by atoms with van der Waals surface area (Å²) in [5.74, 6) is -0.0925. The minimum atomic E-state index is -0.498. The number of aryl methyl sites for hydroxylation is 1. The number of nitrogens with one attached hydrogen (secondary N) is 1. The standard InChI is InChI=1S/C33H40N2O2/c1-3-31(33(37)34-29-20-11-6-12-21-29)35(24-26-15-13-14-25(2)22-26)32(36)23-30(27-16-7-4-8-17-27)28-18-9-5-10-19-28/h4-5,7-10,13-19,22,29-31H,3,6,11-12,20-21,23-24H2,1-2H3,(H,34,37)/t31-/m1/s1. The minimum absolute atomic E-state index is 0.00450. The minimum Gasteiger partial charge on any atom is -0.352 e. The Morgan fingerprint density at radius 1 is 0.865 bits per heavy atom. The van der Waals surface area contributed by atoms with E-state index in [4.69, 9.17) is 0 Å². The highest BCUT2D eigenvalue weighted by Crippen LogP contribution is 2.30. The number of hydrogen-bond acceptors (Lipinski definition) is 2. The predicted octanol–water partition coefficient (Wildman–Crippen LogP) is 6.77. The molecule has 0 unspecified atom stereocenters. The molecule has 1 N–H and O–H groups in total. The molecule has 194 valence electrons. The molecule has 1 atom stereocenters. The maximum absolute atomic E-state index is 14.1. The van der Waals surface area contributed by atoms with Gasteiger partial charge in [-0.05, 0) is 42.9 Å². The molecule has 1 aliphatic carbocycles. The molecule has 0 aromatic heterocycles. The second-order valence-electron chi connectivity index (χ2n) is 10.4. The lowest BCUT2D eigenvalue weighted by molar-refractivity contribution is -0.142. The van der Waals surface area contributed by atoms with E-state index in [1.165, 1.54) is 6.42 Å². The first-order chi connectivity index (χ1) is 18.0. The number of hydrogen-bond donors (Lipinski definition) is 1. The number of nitrogens with zero attached hydrogens (tertiary/aromatic N) is 1. The van der Waals surface area contributed by atoms with Crippen LogP contribution in [0.3, 0.4) is 0 Å². The van der Waals surface area contributed by atoms with Gasteiger partial charge in [-0.1, -0.05) is 117 Å². The zero-order valence-corrected chi connectivity index (χ0v) is 22.2. The molecule has 4 heteroatoms. The Morgan fingerprint density at radius 2 is 1.49 bits per heavy atom. The van der Waals surface area contributed by atoms with Crippen molar-refractivity contribution in [2.75, 3.05) is 0 Å². The van der Waals surface area contributed by atoms with Gasteiger partial charge < -0.3 is 10.2 Å². The van der Waals surface area contributed by atoms with Crippen LogP contribution in [-0.2, 0) is 16.1 Å². The molecular weight excluding hydrogens is 456 g/mol. The second kappa shape index (κ2) is 13.2. The van der Waals surface area contributed by atoms with Crippen LogP contribution in [0, 0.1) is 6.92 Å². The molecule has 0 aliphatic heterocycles. The van der Waals surface area contributed by atoms with Gasteiger partial charge in [-0.15, -0.1) is 0 Å². The molecule has 2 amide bonds. The summed E-state index contributed by atoms with van der Waals surface area (Å²) in [6.07, 6.45) is 6.50. The smallest absolute Gasteiger partial charge is 0.243 e. The molecule has 4 rings (SSSR count). The lowest BCUT2D eigenvalue weighted by Crippen LogP contribution is -2.51. The number of benzene rings is 3. The van der Waals surface area contributed by atoms with Crippen LogP contribution in [0.5, 0.6) is 0 Å². The van der Waals surface area contributed by atoms with Crippen molar-refractivity contribution in [2.24, 2.45) is 0 Å². The molecule has 1 aliphatic rings. The maximum Gasteiger partial charge on any atom is 0.243 e. The van der Waals surface area contributed by atoms with E-state index in [9.17, 15) is 9.59 Å². The van der Waals surface area contributed by atoms with Gasteiger partial charge in [-0.25, -0.2) is 0 Å². The summed E-state index contributed by atoms with van der Waals surface area (Å²) < 4.78 is 0. The van der Waals surface area contributed by atoms with Crippen LogP contribution in [0.1, 0.15) is 80.0 Å². The quantitative estimate of drug-likeness (QED) is 0.337. The summed E-state index contributed by atoms with van der Waals surface area (Å²) in [5.41, 5.74) is 4.42. The summed E-state index contributed by atoms with van der Waals surface area (Å²) in [7, 11) is 0. The monoisotopic (exact) mass is 496 g/mol. The van der Waals surface area contributed by atoms with Crippen molar-refractivity contribution in [1.29, 1.82) is 0 Å². The first-order valence-corrected chi connectivity index (χ1v) is 13.8. The van der Waals surface area contributed by atoms with Gasteiger partial charge in [0.2, 0.25) is 11.8 Å². The Labute approximate surface area is 222 Å². The van der Waals surface area contributed by atoms with Crippen molar-refractivity contribution < 1.29 is 9.59 Å². The summed E-state index contributed by atoms with van der Waals surface area (Å²) >= 11 is 0. The molecule has 0 heterocycles. The molecular formula is C33H40N2O2. The Hall–Kier alpha value is -3.40. The molecule has 0 spiro atoms. The molecule has 3 aromatic rings. The number of carbonyl (C=O) groups excluding carboxylic acids is 2. The molecule has 0 bridgehead atoms. The summed E-state index contributed by atoms with van der Waals surface area (Å²) in [6, 6.07) is 28.4. The van der Waals surface area contributed by atoms with Crippen LogP contribution in [-0.4, -0.2) is 28.8 Å². The SMILES string of the molecule is CC[C@H](C(=O)NC1CCCCC1)N(Cc1cccc(C)c1)C(=O)CC(c1ccccc1)c1ccccc1. The van der Waals surface area contributed by atoms with Gasteiger partial charge >= 0.3 is 0 Å². The molecule has 1 saturated carbocycles. The highest BCUT2D eigenvalue weighted by atomic mass is 16.2. The summed E-state index contributed by atoms with van der Waals surface area (Å²) in [4.78, 5) is 29.5. The van der Waals surface area contributed by atoms with Gasteiger partial charge in [0.1, 0.15) is 6.04 Å².